The van der Waals surface area contributed by atoms with Gasteiger partial charge in [0.15, 0.2) is 16.6 Å². The van der Waals surface area contributed by atoms with Crippen LogP contribution in [0.25, 0.3) is 12.2 Å². The lowest BCUT2D eigenvalue weighted by Gasteiger charge is -2.06. The van der Waals surface area contributed by atoms with Crippen molar-refractivity contribution in [2.45, 2.75) is 42.7 Å². The van der Waals surface area contributed by atoms with Crippen LogP contribution in [0.15, 0.2) is 64.1 Å². The van der Waals surface area contributed by atoms with Crippen LogP contribution in [-0.2, 0) is 30.2 Å². The molecule has 0 spiro atoms. The lowest BCUT2D eigenvalue weighted by atomic mass is 10.1. The fraction of sp³-hybridized carbons (Fsp3) is 0.250. The highest BCUT2D eigenvalue weighted by Crippen LogP contribution is 2.26. The number of alkyl halides is 3. The van der Waals surface area contributed by atoms with Crippen molar-refractivity contribution in [1.82, 2.24) is 25.6 Å². The smallest absolute Gasteiger partial charge is 0.475 e. The molecule has 4 rings (SSSR count). The van der Waals surface area contributed by atoms with Crippen molar-refractivity contribution >= 4 is 23.0 Å². The van der Waals surface area contributed by atoms with Gasteiger partial charge in [-0.3, -0.25) is 0 Å². The number of hydrogen-bond donors (Lipinski definition) is 1. The second kappa shape index (κ2) is 11.8. The minimum absolute atomic E-state index is 0.222. The molecule has 2 aromatic carbocycles. The Morgan fingerprint density at radius 2 is 1.75 bits per heavy atom. The zero-order valence-electron chi connectivity index (χ0n) is 18.9. The molecular formula is C24H22F3N5O3S. The van der Waals surface area contributed by atoms with E-state index in [1.165, 1.54) is 36.1 Å². The second-order valence-corrected chi connectivity index (χ2v) is 9.23. The summed E-state index contributed by atoms with van der Waals surface area (Å²) >= 11 is 0. The normalized spacial score (nSPS) is 12.8. The summed E-state index contributed by atoms with van der Waals surface area (Å²) in [6.07, 6.45) is 8.44. The molecule has 36 heavy (non-hydrogen) atoms. The van der Waals surface area contributed by atoms with Gasteiger partial charge in [-0.15, -0.1) is 10.2 Å². The van der Waals surface area contributed by atoms with Gasteiger partial charge in [0, 0.05) is 17.4 Å². The molecule has 1 unspecified atom stereocenters. The highest BCUT2D eigenvalue weighted by molar-refractivity contribution is 7.86. The molecule has 0 saturated heterocycles. The third-order valence-corrected chi connectivity index (χ3v) is 6.23. The number of hydrogen-bond acceptors (Lipinski definition) is 7. The predicted octanol–water partition coefficient (Wildman–Crippen LogP) is 5.13. The van der Waals surface area contributed by atoms with Crippen LogP contribution in [0.1, 0.15) is 41.4 Å². The number of H-pyrrole nitrogens is 1. The van der Waals surface area contributed by atoms with Crippen LogP contribution in [0.4, 0.5) is 13.2 Å². The molecule has 0 aliphatic heterocycles. The Hall–Kier alpha value is -3.80. The van der Waals surface area contributed by atoms with Gasteiger partial charge in [0.05, 0.1) is 0 Å². The fourth-order valence-corrected chi connectivity index (χ4v) is 3.93. The summed E-state index contributed by atoms with van der Waals surface area (Å²) in [5, 5.41) is 13.9. The molecule has 2 aromatic heterocycles. The Morgan fingerprint density at radius 1 is 1.00 bits per heavy atom. The molecule has 1 N–H and O–H groups in total. The van der Waals surface area contributed by atoms with Gasteiger partial charge >= 0.3 is 5.51 Å². The maximum atomic E-state index is 12.5. The number of nitrogens with zero attached hydrogens (tertiary/aromatic N) is 4. The number of aryl methyl sites for hydroxylation is 2. The third-order valence-electron chi connectivity index (χ3n) is 5.11. The molecule has 0 aliphatic carbocycles. The number of halogens is 3. The number of oxazole rings is 1. The van der Waals surface area contributed by atoms with E-state index in [1.807, 2.05) is 24.3 Å². The minimum atomic E-state index is -4.78. The van der Waals surface area contributed by atoms with E-state index in [0.29, 0.717) is 22.9 Å². The average molecular weight is 518 g/mol. The Kier molecular flexibility index (Phi) is 8.26. The first-order chi connectivity index (χ1) is 17.4. The molecule has 0 fully saturated rings. The Labute approximate surface area is 207 Å². The maximum Gasteiger partial charge on any atom is 0.475 e. The lowest BCUT2D eigenvalue weighted by Crippen LogP contribution is -2.16. The highest BCUT2D eigenvalue weighted by atomic mass is 32.2. The van der Waals surface area contributed by atoms with Crippen LogP contribution in [0.2, 0.25) is 0 Å². The molecule has 4 aromatic rings. The van der Waals surface area contributed by atoms with Crippen molar-refractivity contribution < 1.29 is 26.5 Å². The highest BCUT2D eigenvalue weighted by Gasteiger charge is 2.37. The molecule has 12 heteroatoms. The van der Waals surface area contributed by atoms with Crippen LogP contribution in [0.3, 0.4) is 0 Å². The largest absolute Gasteiger partial charge is 0.487 e. The summed E-state index contributed by atoms with van der Waals surface area (Å²) in [6.45, 7) is 0.222. The number of benzene rings is 2. The van der Waals surface area contributed by atoms with E-state index < -0.39 is 16.3 Å². The van der Waals surface area contributed by atoms with E-state index in [0.717, 1.165) is 31.5 Å². The molecule has 0 radical (unpaired) electrons. The summed E-state index contributed by atoms with van der Waals surface area (Å²) < 4.78 is 60.1. The zero-order chi connectivity index (χ0) is 25.4. The quantitative estimate of drug-likeness (QED) is 0.275. The topological polar surface area (TPSA) is 107 Å². The number of aromatic amines is 1. The van der Waals surface area contributed by atoms with Gasteiger partial charge in [-0.1, -0.05) is 29.5 Å². The number of ether oxygens (including phenoxy) is 1. The minimum Gasteiger partial charge on any atom is -0.487 e. The predicted molar refractivity (Wildman–Crippen MR) is 126 cm³/mol. The van der Waals surface area contributed by atoms with Gasteiger partial charge in [0.1, 0.15) is 24.3 Å². The summed E-state index contributed by atoms with van der Waals surface area (Å²) in [6, 6.07) is 13.1. The number of nitrogens with one attached hydrogen (secondary N) is 1. The summed E-state index contributed by atoms with van der Waals surface area (Å²) in [5.74, 6) is 1.76. The van der Waals surface area contributed by atoms with Gasteiger partial charge in [-0.05, 0) is 60.7 Å². The van der Waals surface area contributed by atoms with Crippen LogP contribution < -0.4 is 4.74 Å². The summed E-state index contributed by atoms with van der Waals surface area (Å²) in [4.78, 5) is 4.01. The van der Waals surface area contributed by atoms with Gasteiger partial charge in [0.2, 0.25) is 5.89 Å². The van der Waals surface area contributed by atoms with Crippen molar-refractivity contribution in [3.05, 3.63) is 83.3 Å². The van der Waals surface area contributed by atoms with Gasteiger partial charge < -0.3 is 9.15 Å². The molecule has 0 saturated carbocycles. The molecule has 1 atom stereocenters. The van der Waals surface area contributed by atoms with Crippen molar-refractivity contribution in [3.63, 3.8) is 0 Å². The molecule has 0 aliphatic rings. The van der Waals surface area contributed by atoms with E-state index in [-0.39, 0.29) is 11.5 Å². The Bertz CT molecular complexity index is 1290. The van der Waals surface area contributed by atoms with E-state index in [9.17, 15) is 17.4 Å². The molecule has 0 amide bonds. The molecule has 2 heterocycles. The molecular weight excluding hydrogens is 495 g/mol. The maximum absolute atomic E-state index is 12.5. The molecule has 188 valence electrons. The fourth-order valence-electron chi connectivity index (χ4n) is 3.28. The van der Waals surface area contributed by atoms with Crippen LogP contribution in [0.5, 0.6) is 5.75 Å². The van der Waals surface area contributed by atoms with Crippen molar-refractivity contribution in [2.75, 3.05) is 0 Å². The zero-order valence-corrected chi connectivity index (χ0v) is 19.8. The summed E-state index contributed by atoms with van der Waals surface area (Å²) in [7, 11) is -3.05. The molecule has 8 nitrogen and oxygen atoms in total. The van der Waals surface area contributed by atoms with E-state index in [2.05, 4.69) is 25.6 Å². The number of aromatic nitrogens is 5. The first-order valence-corrected chi connectivity index (χ1v) is 12.2. The van der Waals surface area contributed by atoms with Crippen molar-refractivity contribution in [1.29, 1.82) is 0 Å². The first-order valence-electron chi connectivity index (χ1n) is 11.0. The number of tetrazole rings is 1. The van der Waals surface area contributed by atoms with Crippen molar-refractivity contribution in [3.8, 4) is 5.75 Å². The average Bonchev–Trinajstić information content (AvgIpc) is 3.56. The van der Waals surface area contributed by atoms with E-state index in [1.54, 1.807) is 12.2 Å². The molecule has 0 bridgehead atoms. The standard InChI is InChI=1S/C24H22F3N5O3S/c25-24(26,27)36(33)21-12-7-18(8-13-21)9-14-23-28-19(16-35-23)15-34-20-10-5-17(6-11-20)3-1-2-4-22-29-31-32-30-22/h5-14,16H,1-4,15H2,(H,29,30,31,32)/b14-9+. The van der Waals surface area contributed by atoms with Gasteiger partial charge in [-0.25, -0.2) is 9.19 Å². The Morgan fingerprint density at radius 3 is 2.44 bits per heavy atom. The van der Waals surface area contributed by atoms with Crippen LogP contribution in [0, 0.1) is 0 Å². The van der Waals surface area contributed by atoms with Crippen LogP contribution in [-0.4, -0.2) is 35.3 Å². The monoisotopic (exact) mass is 517 g/mol. The third kappa shape index (κ3) is 7.35. The second-order valence-electron chi connectivity index (χ2n) is 7.76. The van der Waals surface area contributed by atoms with Crippen molar-refractivity contribution in [2.24, 2.45) is 0 Å². The number of unbranched alkanes of at least 4 members (excludes halogenated alkanes) is 1. The summed E-state index contributed by atoms with van der Waals surface area (Å²) in [5.41, 5.74) is -2.37. The SMILES string of the molecule is O=S(c1ccc(/C=C/c2nc(COc3ccc(CCCCc4nn[nH]n4)cc3)co2)cc1)C(F)(F)F. The van der Waals surface area contributed by atoms with Gasteiger partial charge in [0.25, 0.3) is 0 Å². The first kappa shape index (κ1) is 25.3. The lowest BCUT2D eigenvalue weighted by molar-refractivity contribution is -0.0384. The Balaban J connectivity index is 1.22. The van der Waals surface area contributed by atoms with Gasteiger partial charge in [-0.2, -0.15) is 18.4 Å². The van der Waals surface area contributed by atoms with E-state index >= 15 is 0 Å². The van der Waals surface area contributed by atoms with E-state index in [4.69, 9.17) is 9.15 Å². The number of rotatable bonds is 11. The van der Waals surface area contributed by atoms with Crippen LogP contribution >= 0.6 is 0 Å².